The SMILES string of the molecule is O=C(O)Oc1ccc2c(ccc3c(OC(=O)O)c(OC(=O)O)ccc32)c1OC(=O)O. The Labute approximate surface area is 165 Å². The first-order valence-corrected chi connectivity index (χ1v) is 7.83. The van der Waals surface area contributed by atoms with Crippen LogP contribution in [0.2, 0.25) is 0 Å². The first-order chi connectivity index (χ1) is 14.2. The van der Waals surface area contributed by atoms with E-state index in [4.69, 9.17) is 20.4 Å². The van der Waals surface area contributed by atoms with Gasteiger partial charge in [0.15, 0.2) is 23.0 Å². The van der Waals surface area contributed by atoms with E-state index < -0.39 is 36.1 Å². The fourth-order valence-corrected chi connectivity index (χ4v) is 2.86. The van der Waals surface area contributed by atoms with Crippen molar-refractivity contribution in [1.29, 1.82) is 0 Å². The molecule has 0 atom stereocenters. The molecule has 0 spiro atoms. The molecule has 154 valence electrons. The number of ether oxygens (including phenoxy) is 4. The number of hydrogen-bond acceptors (Lipinski definition) is 8. The zero-order valence-electron chi connectivity index (χ0n) is 14.5. The second-order valence-electron chi connectivity index (χ2n) is 5.51. The molecule has 0 bridgehead atoms. The molecule has 12 nitrogen and oxygen atoms in total. The van der Waals surface area contributed by atoms with Crippen LogP contribution in [0.4, 0.5) is 19.2 Å². The zero-order chi connectivity index (χ0) is 22.0. The van der Waals surface area contributed by atoms with Gasteiger partial charge in [0.05, 0.1) is 0 Å². The van der Waals surface area contributed by atoms with Crippen LogP contribution in [-0.4, -0.2) is 45.0 Å². The van der Waals surface area contributed by atoms with E-state index in [1.165, 1.54) is 24.3 Å². The van der Waals surface area contributed by atoms with Gasteiger partial charge in [-0.25, -0.2) is 19.2 Å². The molecule has 0 aromatic heterocycles. The van der Waals surface area contributed by atoms with Crippen molar-refractivity contribution in [3.63, 3.8) is 0 Å². The van der Waals surface area contributed by atoms with Gasteiger partial charge < -0.3 is 39.4 Å². The van der Waals surface area contributed by atoms with Crippen LogP contribution >= 0.6 is 0 Å². The summed E-state index contributed by atoms with van der Waals surface area (Å²) in [5.74, 6) is -1.58. The molecule has 0 radical (unpaired) electrons. The molecule has 3 aromatic carbocycles. The Morgan fingerprint density at radius 2 is 0.767 bits per heavy atom. The quantitative estimate of drug-likeness (QED) is 0.269. The number of rotatable bonds is 4. The van der Waals surface area contributed by atoms with Crippen LogP contribution in [0.15, 0.2) is 36.4 Å². The summed E-state index contributed by atoms with van der Waals surface area (Å²) >= 11 is 0. The standard InChI is InChI=1S/C18H10O12/c19-15(20)27-11-5-3-7-8-4-6-12(28-16(21)22)14(30-18(25)26)10(8)2-1-9(7)13(11)29-17(23)24/h1-6H,(H,19,20)(H,21,22)(H,23,24)(H,25,26). The normalized spacial score (nSPS) is 10.4. The molecule has 0 saturated heterocycles. The van der Waals surface area contributed by atoms with E-state index >= 15 is 0 Å². The molecule has 0 aliphatic rings. The lowest BCUT2D eigenvalue weighted by molar-refractivity contribution is 0.133. The Kier molecular flexibility index (Phi) is 5.14. The molecule has 0 saturated carbocycles. The summed E-state index contributed by atoms with van der Waals surface area (Å²) in [5.41, 5.74) is 0. The maximum atomic E-state index is 11.1. The summed E-state index contributed by atoms with van der Waals surface area (Å²) in [5, 5.41) is 36.5. The van der Waals surface area contributed by atoms with Crippen molar-refractivity contribution in [3.05, 3.63) is 36.4 Å². The smallest absolute Gasteiger partial charge is 0.449 e. The van der Waals surface area contributed by atoms with E-state index in [0.717, 1.165) is 12.1 Å². The maximum absolute atomic E-state index is 11.1. The van der Waals surface area contributed by atoms with Gasteiger partial charge in [0.25, 0.3) is 0 Å². The minimum atomic E-state index is -1.72. The molecule has 0 amide bonds. The summed E-state index contributed by atoms with van der Waals surface area (Å²) < 4.78 is 18.5. The van der Waals surface area contributed by atoms with Crippen molar-refractivity contribution < 1.29 is 58.6 Å². The molecule has 12 heteroatoms. The lowest BCUT2D eigenvalue weighted by atomic mass is 10.00. The van der Waals surface area contributed by atoms with E-state index in [0.29, 0.717) is 10.8 Å². The lowest BCUT2D eigenvalue weighted by Crippen LogP contribution is -2.09. The predicted octanol–water partition coefficient (Wildman–Crippen LogP) is 4.22. The average Bonchev–Trinajstić information content (AvgIpc) is 2.63. The van der Waals surface area contributed by atoms with Crippen molar-refractivity contribution in [1.82, 2.24) is 0 Å². The summed E-state index contributed by atoms with van der Waals surface area (Å²) in [7, 11) is 0. The van der Waals surface area contributed by atoms with E-state index in [1.54, 1.807) is 0 Å². The summed E-state index contributed by atoms with van der Waals surface area (Å²) in [6.45, 7) is 0. The van der Waals surface area contributed by atoms with Crippen LogP contribution in [0, 0.1) is 0 Å². The monoisotopic (exact) mass is 418 g/mol. The highest BCUT2D eigenvalue weighted by Gasteiger charge is 2.21. The predicted molar refractivity (Wildman–Crippen MR) is 96.1 cm³/mol. The van der Waals surface area contributed by atoms with Crippen LogP contribution in [0.3, 0.4) is 0 Å². The minimum Gasteiger partial charge on any atom is -0.449 e. The van der Waals surface area contributed by atoms with Gasteiger partial charge in [-0.1, -0.05) is 0 Å². The first-order valence-electron chi connectivity index (χ1n) is 7.83. The molecule has 0 heterocycles. The van der Waals surface area contributed by atoms with Crippen molar-refractivity contribution in [2.24, 2.45) is 0 Å². The molecule has 0 aliphatic carbocycles. The van der Waals surface area contributed by atoms with Gasteiger partial charge >= 0.3 is 24.6 Å². The van der Waals surface area contributed by atoms with Gasteiger partial charge in [-0.05, 0) is 47.2 Å². The first kappa shape index (κ1) is 20.0. The van der Waals surface area contributed by atoms with Crippen LogP contribution in [0.25, 0.3) is 21.5 Å². The van der Waals surface area contributed by atoms with Crippen LogP contribution in [0.5, 0.6) is 23.0 Å². The summed E-state index contributed by atoms with van der Waals surface area (Å²) in [6, 6.07) is 7.65. The molecular formula is C18H10O12. The van der Waals surface area contributed by atoms with Crippen LogP contribution in [0.1, 0.15) is 0 Å². The summed E-state index contributed by atoms with van der Waals surface area (Å²) in [4.78, 5) is 43.8. The second kappa shape index (κ2) is 7.71. The fraction of sp³-hybridized carbons (Fsp3) is 0. The number of carbonyl (C=O) groups is 4. The number of hydrogen-bond donors (Lipinski definition) is 4. The molecular weight excluding hydrogens is 408 g/mol. The van der Waals surface area contributed by atoms with Crippen molar-refractivity contribution in [2.45, 2.75) is 0 Å². The fourth-order valence-electron chi connectivity index (χ4n) is 2.86. The Balaban J connectivity index is 2.33. The van der Waals surface area contributed by atoms with Gasteiger partial charge in [-0.2, -0.15) is 0 Å². The number of fused-ring (bicyclic) bond motifs is 3. The molecule has 0 fully saturated rings. The zero-order valence-corrected chi connectivity index (χ0v) is 14.5. The third-order valence-electron chi connectivity index (χ3n) is 3.80. The topological polar surface area (TPSA) is 186 Å². The summed E-state index contributed by atoms with van der Waals surface area (Å²) in [6.07, 6.45) is -6.84. The van der Waals surface area contributed by atoms with Crippen LogP contribution in [-0.2, 0) is 0 Å². The Morgan fingerprint density at radius 3 is 1.07 bits per heavy atom. The Morgan fingerprint density at radius 1 is 0.467 bits per heavy atom. The van der Waals surface area contributed by atoms with Gasteiger partial charge in [0.2, 0.25) is 0 Å². The Bertz CT molecular complexity index is 1120. The maximum Gasteiger partial charge on any atom is 0.511 e. The highest BCUT2D eigenvalue weighted by molar-refractivity contribution is 6.13. The van der Waals surface area contributed by atoms with Crippen molar-refractivity contribution in [3.8, 4) is 23.0 Å². The minimum absolute atomic E-state index is 0.122. The number of benzene rings is 3. The lowest BCUT2D eigenvalue weighted by Gasteiger charge is -2.14. The van der Waals surface area contributed by atoms with Gasteiger partial charge in [-0.15, -0.1) is 0 Å². The van der Waals surface area contributed by atoms with E-state index in [-0.39, 0.29) is 22.3 Å². The highest BCUT2D eigenvalue weighted by atomic mass is 16.7. The van der Waals surface area contributed by atoms with Crippen molar-refractivity contribution in [2.75, 3.05) is 0 Å². The molecule has 0 unspecified atom stereocenters. The Hall–Kier alpha value is -4.74. The molecule has 3 aromatic rings. The number of carboxylic acid groups (broad SMARTS) is 4. The van der Waals surface area contributed by atoms with Gasteiger partial charge in [-0.3, -0.25) is 0 Å². The van der Waals surface area contributed by atoms with Crippen molar-refractivity contribution >= 4 is 46.2 Å². The second-order valence-corrected chi connectivity index (χ2v) is 5.51. The van der Waals surface area contributed by atoms with E-state index in [1.807, 2.05) is 0 Å². The third-order valence-corrected chi connectivity index (χ3v) is 3.80. The molecule has 3 rings (SSSR count). The third kappa shape index (κ3) is 3.91. The molecule has 4 N–H and O–H groups in total. The molecule has 0 aliphatic heterocycles. The molecule has 30 heavy (non-hydrogen) atoms. The van der Waals surface area contributed by atoms with Crippen LogP contribution < -0.4 is 18.9 Å². The van der Waals surface area contributed by atoms with E-state index in [9.17, 15) is 19.2 Å². The highest BCUT2D eigenvalue weighted by Crippen LogP contribution is 2.43. The van der Waals surface area contributed by atoms with E-state index in [2.05, 4.69) is 18.9 Å². The van der Waals surface area contributed by atoms with Gasteiger partial charge in [0.1, 0.15) is 0 Å². The average molecular weight is 418 g/mol. The largest absolute Gasteiger partial charge is 0.511 e. The van der Waals surface area contributed by atoms with Gasteiger partial charge in [0, 0.05) is 10.8 Å².